The molecule has 0 atom stereocenters. The van der Waals surface area contributed by atoms with Crippen LogP contribution in [-0.2, 0) is 14.8 Å². The first kappa shape index (κ1) is 14.1. The summed E-state index contributed by atoms with van der Waals surface area (Å²) < 4.78 is 24.4. The largest absolute Gasteiger partial charge is 0.480 e. The average molecular weight is 274 g/mol. The van der Waals surface area contributed by atoms with Gasteiger partial charge in [0.25, 0.3) is 5.69 Å². The Hall–Kier alpha value is -2.00. The van der Waals surface area contributed by atoms with Crippen LogP contribution in [0.3, 0.4) is 0 Å². The molecular formula is C9H10N2O6S. The summed E-state index contributed by atoms with van der Waals surface area (Å²) in [6.07, 6.45) is 0. The minimum absolute atomic E-state index is 0.319. The lowest BCUT2D eigenvalue weighted by Gasteiger charge is -2.14. The van der Waals surface area contributed by atoms with E-state index in [0.717, 1.165) is 19.2 Å². The third-order valence-electron chi connectivity index (χ3n) is 2.09. The third kappa shape index (κ3) is 3.02. The van der Waals surface area contributed by atoms with E-state index in [-0.39, 0.29) is 10.6 Å². The highest BCUT2D eigenvalue weighted by atomic mass is 32.2. The number of likely N-dealkylation sites (N-methyl/N-ethyl adjacent to an activating group) is 1. The maximum Gasteiger partial charge on any atom is 0.318 e. The summed E-state index contributed by atoms with van der Waals surface area (Å²) in [6, 6.07) is 4.42. The van der Waals surface area contributed by atoms with Crippen molar-refractivity contribution in [3.8, 4) is 0 Å². The van der Waals surface area contributed by atoms with Gasteiger partial charge in [-0.25, -0.2) is 8.42 Å². The van der Waals surface area contributed by atoms with Crippen LogP contribution in [0, 0.1) is 10.1 Å². The van der Waals surface area contributed by atoms with Crippen molar-refractivity contribution < 1.29 is 23.2 Å². The minimum atomic E-state index is -4.04. The van der Waals surface area contributed by atoms with Crippen LogP contribution >= 0.6 is 0 Å². The average Bonchev–Trinajstić information content (AvgIpc) is 2.28. The molecule has 0 unspecified atom stereocenters. The fourth-order valence-electron chi connectivity index (χ4n) is 1.21. The van der Waals surface area contributed by atoms with Crippen molar-refractivity contribution in [1.82, 2.24) is 4.31 Å². The molecule has 1 aromatic rings. The van der Waals surface area contributed by atoms with Crippen LogP contribution in [0.5, 0.6) is 0 Å². The van der Waals surface area contributed by atoms with Gasteiger partial charge in [-0.1, -0.05) is 6.07 Å². The van der Waals surface area contributed by atoms with Gasteiger partial charge in [-0.2, -0.15) is 4.31 Å². The van der Waals surface area contributed by atoms with E-state index < -0.39 is 27.5 Å². The third-order valence-corrected chi connectivity index (χ3v) is 3.89. The lowest BCUT2D eigenvalue weighted by atomic mass is 10.3. The molecule has 0 heterocycles. The molecule has 0 saturated heterocycles. The van der Waals surface area contributed by atoms with Crippen molar-refractivity contribution in [2.75, 3.05) is 13.6 Å². The first-order valence-corrected chi connectivity index (χ1v) is 6.11. The van der Waals surface area contributed by atoms with Gasteiger partial charge < -0.3 is 5.11 Å². The SMILES string of the molecule is CN(CC(=O)O)S(=O)(=O)c1cccc([N+](=O)[O-])c1. The van der Waals surface area contributed by atoms with Crippen molar-refractivity contribution in [3.05, 3.63) is 34.4 Å². The molecule has 0 aromatic heterocycles. The van der Waals surface area contributed by atoms with E-state index in [1.165, 1.54) is 12.1 Å². The Labute approximate surface area is 103 Å². The standard InChI is InChI=1S/C9H10N2O6S/c1-10(6-9(12)13)18(16,17)8-4-2-3-7(5-8)11(14)15/h2-5H,6H2,1H3,(H,12,13). The molecule has 0 saturated carbocycles. The molecule has 1 aromatic carbocycles. The predicted octanol–water partition coefficient (Wildman–Crippen LogP) is 0.300. The van der Waals surface area contributed by atoms with E-state index >= 15 is 0 Å². The molecule has 0 aliphatic rings. The maximum absolute atomic E-state index is 11.9. The molecule has 0 spiro atoms. The summed E-state index contributed by atoms with van der Waals surface area (Å²) in [5.74, 6) is -1.31. The van der Waals surface area contributed by atoms with Crippen molar-refractivity contribution in [1.29, 1.82) is 0 Å². The highest BCUT2D eigenvalue weighted by Gasteiger charge is 2.24. The first-order chi connectivity index (χ1) is 8.25. The highest BCUT2D eigenvalue weighted by Crippen LogP contribution is 2.19. The number of carbonyl (C=O) groups is 1. The van der Waals surface area contributed by atoms with E-state index in [1.807, 2.05) is 0 Å². The number of nitro benzene ring substituents is 1. The van der Waals surface area contributed by atoms with E-state index in [4.69, 9.17) is 5.11 Å². The number of nitrogens with zero attached hydrogens (tertiary/aromatic N) is 2. The monoisotopic (exact) mass is 274 g/mol. The van der Waals surface area contributed by atoms with Crippen molar-refractivity contribution in [2.45, 2.75) is 4.90 Å². The van der Waals surface area contributed by atoms with Gasteiger partial charge in [0.15, 0.2) is 0 Å². The van der Waals surface area contributed by atoms with Crippen LogP contribution in [0.4, 0.5) is 5.69 Å². The minimum Gasteiger partial charge on any atom is -0.480 e. The summed E-state index contributed by atoms with van der Waals surface area (Å²) in [4.78, 5) is 19.9. The summed E-state index contributed by atoms with van der Waals surface area (Å²) in [7, 11) is -2.96. The summed E-state index contributed by atoms with van der Waals surface area (Å²) in [5, 5.41) is 19.1. The number of sulfonamides is 1. The molecule has 0 radical (unpaired) electrons. The summed E-state index contributed by atoms with van der Waals surface area (Å²) in [6.45, 7) is -0.717. The molecule has 18 heavy (non-hydrogen) atoms. The van der Waals surface area contributed by atoms with Gasteiger partial charge in [0, 0.05) is 19.2 Å². The number of nitro groups is 1. The number of rotatable bonds is 5. The van der Waals surface area contributed by atoms with E-state index in [2.05, 4.69) is 0 Å². The summed E-state index contributed by atoms with van der Waals surface area (Å²) in [5.41, 5.74) is -0.375. The van der Waals surface area contributed by atoms with Crippen LogP contribution in [-0.4, -0.2) is 42.3 Å². The van der Waals surface area contributed by atoms with E-state index in [1.54, 1.807) is 0 Å². The lowest BCUT2D eigenvalue weighted by Crippen LogP contribution is -2.32. The maximum atomic E-state index is 11.9. The summed E-state index contributed by atoms with van der Waals surface area (Å²) >= 11 is 0. The topological polar surface area (TPSA) is 118 Å². The zero-order valence-corrected chi connectivity index (χ0v) is 10.1. The highest BCUT2D eigenvalue weighted by molar-refractivity contribution is 7.89. The van der Waals surface area contributed by atoms with Crippen LogP contribution in [0.1, 0.15) is 0 Å². The fraction of sp³-hybridized carbons (Fsp3) is 0.222. The van der Waals surface area contributed by atoms with E-state index in [0.29, 0.717) is 4.31 Å². The smallest absolute Gasteiger partial charge is 0.318 e. The van der Waals surface area contributed by atoms with Crippen LogP contribution < -0.4 is 0 Å². The Morgan fingerprint density at radius 1 is 1.50 bits per heavy atom. The van der Waals surface area contributed by atoms with Gasteiger partial charge in [-0.05, 0) is 6.07 Å². The molecule has 9 heteroatoms. The Morgan fingerprint density at radius 3 is 2.61 bits per heavy atom. The molecule has 1 rings (SSSR count). The number of carboxylic acids is 1. The number of benzene rings is 1. The van der Waals surface area contributed by atoms with Gasteiger partial charge >= 0.3 is 5.97 Å². The zero-order valence-electron chi connectivity index (χ0n) is 9.31. The van der Waals surface area contributed by atoms with Crippen molar-refractivity contribution in [3.63, 3.8) is 0 Å². The fourth-order valence-corrected chi connectivity index (χ4v) is 2.37. The van der Waals surface area contributed by atoms with Crippen LogP contribution in [0.2, 0.25) is 0 Å². The number of non-ortho nitro benzene ring substituents is 1. The molecule has 98 valence electrons. The number of aliphatic carboxylic acids is 1. The van der Waals surface area contributed by atoms with Crippen molar-refractivity contribution in [2.24, 2.45) is 0 Å². The van der Waals surface area contributed by atoms with Crippen molar-refractivity contribution >= 4 is 21.7 Å². The molecular weight excluding hydrogens is 264 g/mol. The number of carboxylic acid groups (broad SMARTS) is 1. The van der Waals surface area contributed by atoms with Crippen LogP contribution in [0.15, 0.2) is 29.2 Å². The molecule has 0 fully saturated rings. The molecule has 1 N–H and O–H groups in total. The second kappa shape index (κ2) is 5.10. The second-order valence-corrected chi connectivity index (χ2v) is 5.45. The Kier molecular flexibility index (Phi) is 3.99. The van der Waals surface area contributed by atoms with E-state index in [9.17, 15) is 23.3 Å². The van der Waals surface area contributed by atoms with Gasteiger partial charge in [0.1, 0.15) is 6.54 Å². The van der Waals surface area contributed by atoms with Gasteiger partial charge in [-0.3, -0.25) is 14.9 Å². The predicted molar refractivity (Wildman–Crippen MR) is 60.5 cm³/mol. The van der Waals surface area contributed by atoms with Gasteiger partial charge in [-0.15, -0.1) is 0 Å². The zero-order chi connectivity index (χ0) is 13.9. The Bertz CT molecular complexity index is 582. The molecule has 0 amide bonds. The Balaban J connectivity index is 3.16. The molecule has 0 bridgehead atoms. The molecule has 0 aliphatic heterocycles. The molecule has 8 nitrogen and oxygen atoms in total. The molecule has 0 aliphatic carbocycles. The van der Waals surface area contributed by atoms with Gasteiger partial charge in [0.05, 0.1) is 9.82 Å². The normalized spacial score (nSPS) is 11.4. The second-order valence-electron chi connectivity index (χ2n) is 3.41. The van der Waals surface area contributed by atoms with Crippen LogP contribution in [0.25, 0.3) is 0 Å². The van der Waals surface area contributed by atoms with Gasteiger partial charge in [0.2, 0.25) is 10.0 Å². The quantitative estimate of drug-likeness (QED) is 0.609. The first-order valence-electron chi connectivity index (χ1n) is 4.67. The lowest BCUT2D eigenvalue weighted by molar-refractivity contribution is -0.385. The number of hydrogen-bond acceptors (Lipinski definition) is 5. The Morgan fingerprint density at radius 2 is 2.11 bits per heavy atom. The number of hydrogen-bond donors (Lipinski definition) is 1.